The van der Waals surface area contributed by atoms with Gasteiger partial charge in [-0.25, -0.2) is 4.79 Å². The maximum atomic E-state index is 13.5. The minimum absolute atomic E-state index is 0.320. The largest absolute Gasteiger partial charge is 0.359 e. The minimum Gasteiger partial charge on any atom is -0.359 e. The second-order valence-electron chi connectivity index (χ2n) is 8.56. The monoisotopic (exact) mass is 423 g/mol. The van der Waals surface area contributed by atoms with Gasteiger partial charge in [-0.05, 0) is 50.1 Å². The molecule has 0 spiro atoms. The molecule has 164 valence electrons. The highest BCUT2D eigenvalue weighted by Gasteiger charge is 2.52. The fraction of sp³-hybridized carbons (Fsp3) is 0.417. The summed E-state index contributed by atoms with van der Waals surface area (Å²) in [5.41, 5.74) is 1.15. The Labute approximate surface area is 183 Å². The topological polar surface area (TPSA) is 86.1 Å². The number of hydrogen-bond acceptors (Lipinski definition) is 3. The molecule has 4 rings (SSSR count). The van der Waals surface area contributed by atoms with Crippen molar-refractivity contribution in [3.05, 3.63) is 59.2 Å². The van der Waals surface area contributed by atoms with Crippen LogP contribution in [-0.2, 0) is 10.5 Å². The highest BCUT2D eigenvalue weighted by molar-refractivity contribution is 6.11. The van der Waals surface area contributed by atoms with E-state index in [4.69, 9.17) is 0 Å². The second kappa shape index (κ2) is 8.32. The molecule has 0 aromatic heterocycles. The first-order chi connectivity index (χ1) is 14.9. The van der Waals surface area contributed by atoms with Gasteiger partial charge in [-0.2, -0.15) is 0 Å². The summed E-state index contributed by atoms with van der Waals surface area (Å²) in [6.07, 6.45) is 2.17. The molecule has 2 heterocycles. The van der Waals surface area contributed by atoms with Gasteiger partial charge in [-0.3, -0.25) is 9.69 Å². The Hall–Kier alpha value is -2.90. The molecule has 2 aliphatic heterocycles. The molecule has 0 saturated carbocycles. The molecule has 2 aromatic rings. The van der Waals surface area contributed by atoms with Gasteiger partial charge in [0.25, 0.3) is 11.6 Å². The van der Waals surface area contributed by atoms with Gasteiger partial charge >= 0.3 is 6.03 Å². The molecular formula is C24H31N4O3+. The van der Waals surface area contributed by atoms with E-state index >= 15 is 0 Å². The van der Waals surface area contributed by atoms with E-state index in [1.54, 1.807) is 30.3 Å². The molecule has 0 radical (unpaired) electrons. The van der Waals surface area contributed by atoms with Crippen molar-refractivity contribution in [2.75, 3.05) is 29.9 Å². The average Bonchev–Trinajstić information content (AvgIpc) is 3.22. The average molecular weight is 424 g/mol. The van der Waals surface area contributed by atoms with Crippen molar-refractivity contribution in [2.24, 2.45) is 0 Å². The third-order valence-corrected chi connectivity index (χ3v) is 6.73. The zero-order valence-corrected chi connectivity index (χ0v) is 18.4. The zero-order valence-electron chi connectivity index (χ0n) is 18.4. The number of amides is 3. The number of aliphatic hydroxyl groups is 1. The predicted molar refractivity (Wildman–Crippen MR) is 120 cm³/mol. The molecule has 3 amide bonds. The highest BCUT2D eigenvalue weighted by Crippen LogP contribution is 2.40. The van der Waals surface area contributed by atoms with Gasteiger partial charge in [0.05, 0.1) is 25.3 Å². The molecule has 2 aliphatic rings. The number of para-hydroxylation sites is 1. The van der Waals surface area contributed by atoms with Crippen LogP contribution in [0.2, 0.25) is 0 Å². The van der Waals surface area contributed by atoms with Gasteiger partial charge in [-0.15, -0.1) is 0 Å². The number of anilines is 2. The molecule has 3 atom stereocenters. The molecule has 0 bridgehead atoms. The lowest BCUT2D eigenvalue weighted by Crippen LogP contribution is -3.14. The first-order valence-corrected chi connectivity index (χ1v) is 11.0. The first kappa shape index (κ1) is 21.3. The molecule has 0 aliphatic carbocycles. The van der Waals surface area contributed by atoms with Crippen molar-refractivity contribution in [1.82, 2.24) is 5.32 Å². The molecule has 4 N–H and O–H groups in total. The number of carbonyl (C=O) groups is 2. The van der Waals surface area contributed by atoms with Crippen LogP contribution in [0.5, 0.6) is 0 Å². The van der Waals surface area contributed by atoms with Crippen molar-refractivity contribution in [3.63, 3.8) is 0 Å². The van der Waals surface area contributed by atoms with Gasteiger partial charge in [0.1, 0.15) is 6.04 Å². The van der Waals surface area contributed by atoms with Gasteiger partial charge in [0, 0.05) is 24.1 Å². The Morgan fingerprint density at radius 1 is 1.26 bits per heavy atom. The number of fused-ring (bicyclic) bond motifs is 1. The van der Waals surface area contributed by atoms with Crippen LogP contribution in [0.3, 0.4) is 0 Å². The Bertz CT molecular complexity index is 1010. The Morgan fingerprint density at radius 2 is 2.03 bits per heavy atom. The molecule has 1 saturated heterocycles. The fourth-order valence-corrected chi connectivity index (χ4v) is 4.76. The van der Waals surface area contributed by atoms with Crippen molar-refractivity contribution in [3.8, 4) is 0 Å². The second-order valence-corrected chi connectivity index (χ2v) is 8.56. The number of nitrogens with zero attached hydrogens (tertiary/aromatic N) is 1. The number of rotatable bonds is 5. The first-order valence-electron chi connectivity index (χ1n) is 11.0. The number of benzene rings is 2. The third-order valence-electron chi connectivity index (χ3n) is 6.73. The Kier molecular flexibility index (Phi) is 5.73. The summed E-state index contributed by atoms with van der Waals surface area (Å²) in [5.74, 6) is -0.588. The highest BCUT2D eigenvalue weighted by atomic mass is 16.3. The summed E-state index contributed by atoms with van der Waals surface area (Å²) < 4.78 is 0. The summed E-state index contributed by atoms with van der Waals surface area (Å²) in [7, 11) is 0. The van der Waals surface area contributed by atoms with Crippen LogP contribution >= 0.6 is 0 Å². The molecule has 7 heteroatoms. The minimum atomic E-state index is -2.15. The Morgan fingerprint density at radius 3 is 2.77 bits per heavy atom. The number of urea groups is 1. The van der Waals surface area contributed by atoms with Crippen LogP contribution in [0.25, 0.3) is 0 Å². The van der Waals surface area contributed by atoms with Gasteiger partial charge in [0.15, 0.2) is 0 Å². The lowest BCUT2D eigenvalue weighted by Gasteiger charge is -2.43. The number of hydrogen-bond donors (Lipinski definition) is 4. The summed E-state index contributed by atoms with van der Waals surface area (Å²) in [6.45, 7) is 8.64. The molecule has 3 unspecified atom stereocenters. The van der Waals surface area contributed by atoms with Gasteiger partial charge in [0.2, 0.25) is 0 Å². The normalized spacial score (nSPS) is 25.2. The lowest BCUT2D eigenvalue weighted by atomic mass is 9.94. The van der Waals surface area contributed by atoms with Crippen LogP contribution < -0.4 is 20.4 Å². The number of aryl methyl sites for hydroxylation is 2. The lowest BCUT2D eigenvalue weighted by molar-refractivity contribution is -0.909. The standard InChI is InChI=1S/C24H30N4O3/c1-4-27-13-7-8-19(27)15-25-22(29)24(31)20-9-5-6-10-21(20)26-23(30)28(24)18-12-11-16(2)17(3)14-18/h5-6,9-12,14,19,31H,4,7-8,13,15H2,1-3H3,(H,25,29)(H,26,30)/p+1. The van der Waals surface area contributed by atoms with E-state index in [1.807, 2.05) is 26.0 Å². The van der Waals surface area contributed by atoms with Crippen LogP contribution in [0.4, 0.5) is 16.2 Å². The van der Waals surface area contributed by atoms with Crippen LogP contribution in [0, 0.1) is 13.8 Å². The molecule has 7 nitrogen and oxygen atoms in total. The smallest absolute Gasteiger partial charge is 0.329 e. The van der Waals surface area contributed by atoms with Crippen molar-refractivity contribution >= 4 is 23.3 Å². The summed E-state index contributed by atoms with van der Waals surface area (Å²) in [4.78, 5) is 29.2. The van der Waals surface area contributed by atoms with Gasteiger partial charge < -0.3 is 20.6 Å². The maximum Gasteiger partial charge on any atom is 0.329 e. The zero-order chi connectivity index (χ0) is 22.2. The maximum absolute atomic E-state index is 13.5. The van der Waals surface area contributed by atoms with E-state index in [0.29, 0.717) is 29.5 Å². The summed E-state index contributed by atoms with van der Waals surface area (Å²) in [6, 6.07) is 12.1. The number of likely N-dealkylation sites (N-methyl/N-ethyl adjacent to an activating group) is 1. The summed E-state index contributed by atoms with van der Waals surface area (Å²) >= 11 is 0. The van der Waals surface area contributed by atoms with E-state index in [0.717, 1.165) is 42.0 Å². The molecule has 31 heavy (non-hydrogen) atoms. The van der Waals surface area contributed by atoms with Crippen molar-refractivity contribution in [1.29, 1.82) is 0 Å². The van der Waals surface area contributed by atoms with Crippen LogP contribution in [0.15, 0.2) is 42.5 Å². The fourth-order valence-electron chi connectivity index (χ4n) is 4.76. The van der Waals surface area contributed by atoms with E-state index in [9.17, 15) is 14.7 Å². The number of likely N-dealkylation sites (tertiary alicyclic amines) is 1. The number of carbonyl (C=O) groups excluding carboxylic acids is 2. The molecule has 1 fully saturated rings. The quantitative estimate of drug-likeness (QED) is 0.590. The van der Waals surface area contributed by atoms with E-state index in [1.165, 1.54) is 4.90 Å². The Balaban J connectivity index is 1.72. The van der Waals surface area contributed by atoms with E-state index < -0.39 is 17.7 Å². The third kappa shape index (κ3) is 3.68. The molecule has 2 aromatic carbocycles. The van der Waals surface area contributed by atoms with E-state index in [2.05, 4.69) is 17.6 Å². The van der Waals surface area contributed by atoms with Gasteiger partial charge in [-0.1, -0.05) is 24.3 Å². The van der Waals surface area contributed by atoms with Crippen molar-refractivity contribution in [2.45, 2.75) is 45.4 Å². The predicted octanol–water partition coefficient (Wildman–Crippen LogP) is 1.68. The SMILES string of the molecule is CC[NH+]1CCCC1CNC(=O)C1(O)c2ccccc2NC(=O)N1c1ccc(C)c(C)c1. The summed E-state index contributed by atoms with van der Waals surface area (Å²) in [5, 5.41) is 17.6. The number of nitrogens with one attached hydrogen (secondary N) is 3. The molecular weight excluding hydrogens is 392 g/mol. The number of quaternary nitrogens is 1. The van der Waals surface area contributed by atoms with Crippen molar-refractivity contribution < 1.29 is 19.6 Å². The van der Waals surface area contributed by atoms with E-state index in [-0.39, 0.29) is 0 Å². The van der Waals surface area contributed by atoms with Crippen LogP contribution in [0.1, 0.15) is 36.5 Å². The van der Waals surface area contributed by atoms with Crippen LogP contribution in [-0.4, -0.2) is 42.7 Å².